The lowest BCUT2D eigenvalue weighted by molar-refractivity contribution is 1.34. The molecule has 0 aromatic heterocycles. The Labute approximate surface area is 116 Å². The van der Waals surface area contributed by atoms with E-state index in [9.17, 15) is 0 Å². The molecule has 0 bridgehead atoms. The largest absolute Gasteiger partial charge is 0.361 e. The molecule has 0 aliphatic rings. The van der Waals surface area contributed by atoms with Gasteiger partial charge >= 0.3 is 0 Å². The molecule has 0 saturated heterocycles. The van der Waals surface area contributed by atoms with Gasteiger partial charge in [-0.2, -0.15) is 0 Å². The molecule has 0 spiro atoms. The summed E-state index contributed by atoms with van der Waals surface area (Å²) in [6.45, 7) is 8.50. The highest BCUT2D eigenvalue weighted by molar-refractivity contribution is 5.66. The number of allylic oxidation sites excluding steroid dienone is 1. The molecule has 0 atom stereocenters. The van der Waals surface area contributed by atoms with Crippen molar-refractivity contribution in [1.29, 1.82) is 0 Å². The van der Waals surface area contributed by atoms with E-state index in [1.807, 2.05) is 0 Å². The molecule has 2 rings (SSSR count). The second kappa shape index (κ2) is 5.75. The number of aryl methyl sites for hydroxylation is 3. The molecule has 0 unspecified atom stereocenters. The highest BCUT2D eigenvalue weighted by Crippen LogP contribution is 2.17. The summed E-state index contributed by atoms with van der Waals surface area (Å²) < 4.78 is 0. The number of nitrogens with one attached hydrogen (secondary N) is 1. The molecule has 1 nitrogen and oxygen atoms in total. The number of benzene rings is 2. The van der Waals surface area contributed by atoms with Crippen molar-refractivity contribution in [2.24, 2.45) is 0 Å². The Morgan fingerprint density at radius 2 is 1.58 bits per heavy atom. The van der Waals surface area contributed by atoms with Gasteiger partial charge in [0.05, 0.1) is 0 Å². The summed E-state index contributed by atoms with van der Waals surface area (Å²) in [6, 6.07) is 15.0. The van der Waals surface area contributed by atoms with Gasteiger partial charge in [-0.3, -0.25) is 0 Å². The third-order valence-electron chi connectivity index (χ3n) is 3.47. The zero-order valence-corrected chi connectivity index (χ0v) is 12.1. The molecule has 2 aromatic rings. The van der Waals surface area contributed by atoms with Crippen molar-refractivity contribution in [3.63, 3.8) is 0 Å². The first kappa shape index (κ1) is 13.4. The van der Waals surface area contributed by atoms with Crippen molar-refractivity contribution in [2.75, 3.05) is 5.32 Å². The maximum absolute atomic E-state index is 3.36. The summed E-state index contributed by atoms with van der Waals surface area (Å²) in [7, 11) is 0. The van der Waals surface area contributed by atoms with Crippen molar-refractivity contribution in [2.45, 2.75) is 27.7 Å². The van der Waals surface area contributed by atoms with E-state index < -0.39 is 0 Å². The van der Waals surface area contributed by atoms with Crippen LogP contribution in [0.5, 0.6) is 0 Å². The molecular weight excluding hydrogens is 230 g/mol. The van der Waals surface area contributed by atoms with Crippen LogP contribution in [0.3, 0.4) is 0 Å². The van der Waals surface area contributed by atoms with Crippen molar-refractivity contribution in [1.82, 2.24) is 0 Å². The minimum atomic E-state index is 1.13. The van der Waals surface area contributed by atoms with E-state index in [1.54, 1.807) is 0 Å². The Morgan fingerprint density at radius 3 is 2.21 bits per heavy atom. The Balaban J connectivity index is 2.13. The van der Waals surface area contributed by atoms with Gasteiger partial charge in [-0.15, -0.1) is 0 Å². The second-order valence-corrected chi connectivity index (χ2v) is 5.14. The summed E-state index contributed by atoms with van der Waals surface area (Å²) in [4.78, 5) is 0. The molecule has 0 saturated carbocycles. The molecule has 0 aliphatic carbocycles. The van der Waals surface area contributed by atoms with Crippen LogP contribution in [0.2, 0.25) is 0 Å². The lowest BCUT2D eigenvalue weighted by Gasteiger charge is -2.07. The molecule has 0 aliphatic heterocycles. The average Bonchev–Trinajstić information content (AvgIpc) is 2.40. The molecule has 1 N–H and O–H groups in total. The molecule has 0 heterocycles. The van der Waals surface area contributed by atoms with Crippen LogP contribution in [0.25, 0.3) is 5.57 Å². The third-order valence-corrected chi connectivity index (χ3v) is 3.47. The topological polar surface area (TPSA) is 12.0 Å². The summed E-state index contributed by atoms with van der Waals surface area (Å²) in [5, 5.41) is 3.36. The van der Waals surface area contributed by atoms with Crippen LogP contribution >= 0.6 is 0 Å². The van der Waals surface area contributed by atoms with Gasteiger partial charge in [0.25, 0.3) is 0 Å². The van der Waals surface area contributed by atoms with Gasteiger partial charge in [0.15, 0.2) is 0 Å². The molecule has 2 aromatic carbocycles. The number of hydrogen-bond donors (Lipinski definition) is 1. The molecule has 98 valence electrons. The monoisotopic (exact) mass is 251 g/mol. The van der Waals surface area contributed by atoms with Crippen LogP contribution in [0.1, 0.15) is 29.2 Å². The lowest BCUT2D eigenvalue weighted by Crippen LogP contribution is -1.92. The fourth-order valence-electron chi connectivity index (χ4n) is 1.92. The minimum absolute atomic E-state index is 1.13. The smallest absolute Gasteiger partial charge is 0.0382 e. The maximum atomic E-state index is 3.36. The number of hydrogen-bond acceptors (Lipinski definition) is 1. The Bertz CT molecular complexity index is 592. The van der Waals surface area contributed by atoms with Gasteiger partial charge < -0.3 is 5.32 Å². The van der Waals surface area contributed by atoms with Crippen LogP contribution in [0.4, 0.5) is 5.69 Å². The molecular formula is C18H21N. The zero-order valence-electron chi connectivity index (χ0n) is 12.1. The fraction of sp³-hybridized carbons (Fsp3) is 0.222. The Morgan fingerprint density at radius 1 is 0.895 bits per heavy atom. The fourth-order valence-corrected chi connectivity index (χ4v) is 1.92. The summed E-state index contributed by atoms with van der Waals surface area (Å²) in [6.07, 6.45) is 2.06. The lowest BCUT2D eigenvalue weighted by atomic mass is 10.1. The van der Waals surface area contributed by atoms with Crippen LogP contribution in [-0.4, -0.2) is 0 Å². The van der Waals surface area contributed by atoms with Crippen LogP contribution < -0.4 is 5.32 Å². The maximum Gasteiger partial charge on any atom is 0.0382 e. The van der Waals surface area contributed by atoms with Crippen molar-refractivity contribution in [3.8, 4) is 0 Å². The zero-order chi connectivity index (χ0) is 13.8. The van der Waals surface area contributed by atoms with E-state index in [0.29, 0.717) is 0 Å². The standard InChI is InChI=1S/C18H21N/c1-13-5-8-17(9-6-13)16(4)12-19-18-10-7-14(2)15(3)11-18/h5-12,19H,1-4H3/b16-12+. The summed E-state index contributed by atoms with van der Waals surface area (Å²) >= 11 is 0. The van der Waals surface area contributed by atoms with Gasteiger partial charge in [-0.1, -0.05) is 35.9 Å². The van der Waals surface area contributed by atoms with Crippen molar-refractivity contribution in [3.05, 3.63) is 70.9 Å². The normalized spacial score (nSPS) is 11.5. The number of rotatable bonds is 3. The van der Waals surface area contributed by atoms with E-state index in [-0.39, 0.29) is 0 Å². The quantitative estimate of drug-likeness (QED) is 0.801. The molecule has 0 radical (unpaired) electrons. The van der Waals surface area contributed by atoms with Gasteiger partial charge in [0.1, 0.15) is 0 Å². The second-order valence-electron chi connectivity index (χ2n) is 5.14. The predicted molar refractivity (Wildman–Crippen MR) is 84.4 cm³/mol. The molecule has 1 heteroatoms. The SMILES string of the molecule is C/C(=C\Nc1ccc(C)c(C)c1)c1ccc(C)cc1. The van der Waals surface area contributed by atoms with Gasteiger partial charge in [-0.25, -0.2) is 0 Å². The molecule has 19 heavy (non-hydrogen) atoms. The van der Waals surface area contributed by atoms with Crippen molar-refractivity contribution >= 4 is 11.3 Å². The van der Waals surface area contributed by atoms with E-state index in [2.05, 4.69) is 81.7 Å². The van der Waals surface area contributed by atoms with E-state index in [4.69, 9.17) is 0 Å². The summed E-state index contributed by atoms with van der Waals surface area (Å²) in [5.41, 5.74) is 7.55. The molecule has 0 fully saturated rings. The predicted octanol–water partition coefficient (Wildman–Crippen LogP) is 5.08. The van der Waals surface area contributed by atoms with Crippen LogP contribution in [0, 0.1) is 20.8 Å². The van der Waals surface area contributed by atoms with Gasteiger partial charge in [0, 0.05) is 11.9 Å². The first-order valence-corrected chi connectivity index (χ1v) is 6.64. The van der Waals surface area contributed by atoms with E-state index >= 15 is 0 Å². The first-order chi connectivity index (χ1) is 9.06. The van der Waals surface area contributed by atoms with Crippen LogP contribution in [-0.2, 0) is 0 Å². The first-order valence-electron chi connectivity index (χ1n) is 6.64. The third kappa shape index (κ3) is 3.47. The van der Waals surface area contributed by atoms with Crippen LogP contribution in [0.15, 0.2) is 48.7 Å². The van der Waals surface area contributed by atoms with Gasteiger partial charge in [-0.05, 0) is 62.1 Å². The minimum Gasteiger partial charge on any atom is -0.361 e. The highest BCUT2D eigenvalue weighted by Gasteiger charge is 1.97. The van der Waals surface area contributed by atoms with Gasteiger partial charge in [0.2, 0.25) is 0 Å². The van der Waals surface area contributed by atoms with E-state index in [0.717, 1.165) is 5.69 Å². The molecule has 0 amide bonds. The summed E-state index contributed by atoms with van der Waals surface area (Å²) in [5.74, 6) is 0. The number of anilines is 1. The Hall–Kier alpha value is -2.02. The highest BCUT2D eigenvalue weighted by atomic mass is 14.8. The van der Waals surface area contributed by atoms with E-state index in [1.165, 1.54) is 27.8 Å². The average molecular weight is 251 g/mol. The van der Waals surface area contributed by atoms with Crippen molar-refractivity contribution < 1.29 is 0 Å². The Kier molecular flexibility index (Phi) is 4.06.